The molecule has 0 aliphatic heterocycles. The van der Waals surface area contributed by atoms with Gasteiger partial charge in [0.25, 0.3) is 0 Å². The van der Waals surface area contributed by atoms with E-state index in [0.717, 1.165) is 24.3 Å². The van der Waals surface area contributed by atoms with E-state index < -0.39 is 41.8 Å². The zero-order valence-corrected chi connectivity index (χ0v) is 11.4. The fourth-order valence-electron chi connectivity index (χ4n) is 1.81. The molecule has 0 saturated carbocycles. The third-order valence-electron chi connectivity index (χ3n) is 2.81. The van der Waals surface area contributed by atoms with Crippen molar-refractivity contribution in [1.82, 2.24) is 0 Å². The van der Waals surface area contributed by atoms with Crippen molar-refractivity contribution in [1.29, 1.82) is 0 Å². The molecule has 0 saturated heterocycles. The highest BCUT2D eigenvalue weighted by atomic mass is 19.4. The van der Waals surface area contributed by atoms with Crippen LogP contribution in [0.3, 0.4) is 0 Å². The quantitative estimate of drug-likeness (QED) is 0.569. The smallest absolute Gasteiger partial charge is 0.419 e. The van der Waals surface area contributed by atoms with Gasteiger partial charge in [-0.25, -0.2) is 0 Å². The Bertz CT molecular complexity index is 606. The summed E-state index contributed by atoms with van der Waals surface area (Å²) in [7, 11) is 0. The Balaban J connectivity index is 2.11. The van der Waals surface area contributed by atoms with Crippen LogP contribution in [0, 0.1) is 0 Å². The van der Waals surface area contributed by atoms with E-state index in [1.807, 2.05) is 0 Å². The van der Waals surface area contributed by atoms with Crippen LogP contribution in [0.1, 0.15) is 11.1 Å². The van der Waals surface area contributed by atoms with Gasteiger partial charge in [0, 0.05) is 0 Å². The van der Waals surface area contributed by atoms with Crippen LogP contribution in [0.15, 0.2) is 48.5 Å². The highest BCUT2D eigenvalue weighted by molar-refractivity contribution is 5.37. The number of hydrogen-bond acceptors (Lipinski definition) is 2. The average Bonchev–Trinajstić information content (AvgIpc) is 2.46. The average molecular weight is 336 g/mol. The minimum atomic E-state index is -4.64. The Hall–Kier alpha value is -2.38. The van der Waals surface area contributed by atoms with E-state index >= 15 is 0 Å². The molecule has 23 heavy (non-hydrogen) atoms. The third-order valence-corrected chi connectivity index (χ3v) is 2.81. The molecule has 0 aliphatic carbocycles. The Labute approximate surface area is 127 Å². The van der Waals surface area contributed by atoms with Gasteiger partial charge in [-0.1, -0.05) is 24.3 Å². The molecule has 0 bridgehead atoms. The van der Waals surface area contributed by atoms with Crippen molar-refractivity contribution in [3.8, 4) is 11.5 Å². The summed E-state index contributed by atoms with van der Waals surface area (Å²) in [6, 6.07) is 8.70. The number of rotatable bonds is 4. The van der Waals surface area contributed by atoms with Gasteiger partial charge < -0.3 is 9.47 Å². The van der Waals surface area contributed by atoms with Gasteiger partial charge in [-0.15, -0.1) is 0 Å². The van der Waals surface area contributed by atoms with Crippen molar-refractivity contribution in [2.45, 2.75) is 12.4 Å². The first-order valence-electron chi connectivity index (χ1n) is 6.27. The minimum absolute atomic E-state index is 0.524. The van der Waals surface area contributed by atoms with E-state index in [1.165, 1.54) is 24.3 Å². The lowest BCUT2D eigenvalue weighted by molar-refractivity contribution is -0.139. The molecule has 0 aliphatic rings. The van der Waals surface area contributed by atoms with E-state index in [9.17, 15) is 26.3 Å². The van der Waals surface area contributed by atoms with E-state index in [4.69, 9.17) is 9.47 Å². The van der Waals surface area contributed by atoms with Crippen LogP contribution >= 0.6 is 0 Å². The van der Waals surface area contributed by atoms with E-state index in [-0.39, 0.29) is 0 Å². The first-order chi connectivity index (χ1) is 10.7. The Morgan fingerprint density at radius 3 is 1.30 bits per heavy atom. The van der Waals surface area contributed by atoms with Crippen molar-refractivity contribution in [3.05, 3.63) is 59.7 Å². The van der Waals surface area contributed by atoms with Gasteiger partial charge in [-0.05, 0) is 24.3 Å². The minimum Gasteiger partial charge on any atom is -0.457 e. The summed E-state index contributed by atoms with van der Waals surface area (Å²) in [5.74, 6) is -1.05. The predicted molar refractivity (Wildman–Crippen MR) is 69.0 cm³/mol. The summed E-state index contributed by atoms with van der Waals surface area (Å²) in [5, 5.41) is 0. The number of benzene rings is 2. The number of ether oxygens (including phenoxy) is 2. The van der Waals surface area contributed by atoms with Crippen LogP contribution in [0.2, 0.25) is 0 Å². The fourth-order valence-corrected chi connectivity index (χ4v) is 1.81. The zero-order valence-electron chi connectivity index (χ0n) is 11.4. The second-order valence-electron chi connectivity index (χ2n) is 4.39. The number of alkyl halides is 6. The van der Waals surface area contributed by atoms with Gasteiger partial charge in [-0.2, -0.15) is 26.3 Å². The fraction of sp³-hybridized carbons (Fsp3) is 0.200. The molecule has 0 radical (unpaired) electrons. The van der Waals surface area contributed by atoms with Crippen molar-refractivity contribution < 1.29 is 35.8 Å². The summed E-state index contributed by atoms with van der Waals surface area (Å²) in [5.41, 5.74) is -2.07. The Morgan fingerprint density at radius 1 is 0.609 bits per heavy atom. The van der Waals surface area contributed by atoms with Gasteiger partial charge in [-0.3, -0.25) is 0 Å². The van der Waals surface area contributed by atoms with Crippen molar-refractivity contribution >= 4 is 0 Å². The molecule has 0 fully saturated rings. The molecule has 2 nitrogen and oxygen atoms in total. The van der Waals surface area contributed by atoms with Crippen molar-refractivity contribution in [2.75, 3.05) is 6.79 Å². The first-order valence-corrected chi connectivity index (χ1v) is 6.27. The topological polar surface area (TPSA) is 18.5 Å². The van der Waals surface area contributed by atoms with Gasteiger partial charge >= 0.3 is 12.4 Å². The molecule has 0 unspecified atom stereocenters. The molecule has 2 rings (SSSR count). The van der Waals surface area contributed by atoms with Crippen molar-refractivity contribution in [3.63, 3.8) is 0 Å². The van der Waals surface area contributed by atoms with Crippen LogP contribution < -0.4 is 9.47 Å². The molecule has 2 aromatic carbocycles. The van der Waals surface area contributed by atoms with E-state index in [1.54, 1.807) is 0 Å². The second kappa shape index (κ2) is 6.39. The maximum atomic E-state index is 12.7. The van der Waals surface area contributed by atoms with Gasteiger partial charge in [0.2, 0.25) is 6.79 Å². The first kappa shape index (κ1) is 17.0. The molecule has 0 amide bonds. The van der Waals surface area contributed by atoms with Gasteiger partial charge in [0.05, 0.1) is 11.1 Å². The molecular formula is C15H10F6O2. The second-order valence-corrected chi connectivity index (χ2v) is 4.39. The van der Waals surface area contributed by atoms with Crippen LogP contribution in [0.5, 0.6) is 11.5 Å². The van der Waals surface area contributed by atoms with Crippen molar-refractivity contribution in [2.24, 2.45) is 0 Å². The summed E-state index contributed by atoms with van der Waals surface area (Å²) in [6.45, 7) is -0.791. The van der Waals surface area contributed by atoms with Crippen LogP contribution in [0.4, 0.5) is 26.3 Å². The number of hydrogen-bond donors (Lipinski definition) is 0. The zero-order chi connectivity index (χ0) is 17.1. The highest BCUT2D eigenvalue weighted by Crippen LogP contribution is 2.37. The lowest BCUT2D eigenvalue weighted by Crippen LogP contribution is -2.14. The molecule has 0 N–H and O–H groups in total. The lowest BCUT2D eigenvalue weighted by atomic mass is 10.2. The molecule has 8 heteroatoms. The van der Waals surface area contributed by atoms with Crippen LogP contribution in [-0.2, 0) is 12.4 Å². The summed E-state index contributed by atoms with van der Waals surface area (Å²) in [6.07, 6.45) is -9.28. The van der Waals surface area contributed by atoms with Gasteiger partial charge in [0.1, 0.15) is 11.5 Å². The standard InChI is InChI=1S/C15H10F6O2/c16-14(17,18)10-5-1-3-7-12(10)22-9-23-13-8-4-2-6-11(13)15(19,20)21/h1-8H,9H2. The lowest BCUT2D eigenvalue weighted by Gasteiger charge is -2.16. The molecule has 0 spiro atoms. The summed E-state index contributed by atoms with van der Waals surface area (Å²) < 4.78 is 86.1. The molecule has 124 valence electrons. The third kappa shape index (κ3) is 4.30. The van der Waals surface area contributed by atoms with Gasteiger partial charge in [0.15, 0.2) is 0 Å². The molecule has 0 heterocycles. The molecular weight excluding hydrogens is 326 g/mol. The number of halogens is 6. The highest BCUT2D eigenvalue weighted by Gasteiger charge is 2.35. The van der Waals surface area contributed by atoms with Crippen LogP contribution in [-0.4, -0.2) is 6.79 Å². The van der Waals surface area contributed by atoms with E-state index in [2.05, 4.69) is 0 Å². The van der Waals surface area contributed by atoms with E-state index in [0.29, 0.717) is 0 Å². The summed E-state index contributed by atoms with van der Waals surface area (Å²) >= 11 is 0. The Kier molecular flexibility index (Phi) is 4.72. The molecule has 0 aromatic heterocycles. The monoisotopic (exact) mass is 336 g/mol. The molecule has 2 aromatic rings. The maximum absolute atomic E-state index is 12.7. The molecule has 0 atom stereocenters. The SMILES string of the molecule is FC(F)(F)c1ccccc1OCOc1ccccc1C(F)(F)F. The Morgan fingerprint density at radius 2 is 0.957 bits per heavy atom. The number of para-hydroxylation sites is 2. The maximum Gasteiger partial charge on any atom is 0.419 e. The normalized spacial score (nSPS) is 12.1. The van der Waals surface area contributed by atoms with Crippen LogP contribution in [0.25, 0.3) is 0 Å². The largest absolute Gasteiger partial charge is 0.457 e. The summed E-state index contributed by atoms with van der Waals surface area (Å²) in [4.78, 5) is 0. The predicted octanol–water partition coefficient (Wildman–Crippen LogP) is 5.14.